The van der Waals surface area contributed by atoms with Crippen LogP contribution in [0.3, 0.4) is 0 Å². The molecule has 1 unspecified atom stereocenters. The number of likely N-dealkylation sites (tertiary alicyclic amines) is 1. The highest BCUT2D eigenvalue weighted by molar-refractivity contribution is 5.17. The van der Waals surface area contributed by atoms with Crippen molar-refractivity contribution in [2.24, 2.45) is 0 Å². The van der Waals surface area contributed by atoms with Gasteiger partial charge in [-0.2, -0.15) is 0 Å². The van der Waals surface area contributed by atoms with Crippen molar-refractivity contribution in [3.05, 3.63) is 35.6 Å². The fourth-order valence-electron chi connectivity index (χ4n) is 2.69. The molecule has 1 saturated heterocycles. The van der Waals surface area contributed by atoms with Crippen molar-refractivity contribution in [3.8, 4) is 0 Å². The fourth-order valence-corrected chi connectivity index (χ4v) is 2.69. The average molecular weight is 266 g/mol. The number of piperidine rings is 1. The van der Waals surface area contributed by atoms with Gasteiger partial charge in [-0.3, -0.25) is 0 Å². The molecule has 1 aromatic rings. The SMILES string of the molecule is CCN1CCCC(O)(CNCc2ccccc2F)C1. The number of nitrogens with zero attached hydrogens (tertiary/aromatic N) is 1. The first-order chi connectivity index (χ1) is 9.13. The normalized spacial score (nSPS) is 24.6. The Morgan fingerprint density at radius 3 is 2.95 bits per heavy atom. The first kappa shape index (κ1) is 14.4. The maximum Gasteiger partial charge on any atom is 0.127 e. The predicted molar refractivity (Wildman–Crippen MR) is 74.4 cm³/mol. The molecule has 1 atom stereocenters. The Morgan fingerprint density at radius 1 is 1.42 bits per heavy atom. The monoisotopic (exact) mass is 266 g/mol. The van der Waals surface area contributed by atoms with E-state index < -0.39 is 5.60 Å². The minimum atomic E-state index is -0.681. The van der Waals surface area contributed by atoms with E-state index in [1.165, 1.54) is 6.07 Å². The lowest BCUT2D eigenvalue weighted by molar-refractivity contribution is -0.0280. The molecule has 106 valence electrons. The van der Waals surface area contributed by atoms with Crippen LogP contribution in [-0.2, 0) is 6.54 Å². The number of benzene rings is 1. The molecule has 1 aromatic carbocycles. The molecule has 0 saturated carbocycles. The second-order valence-corrected chi connectivity index (χ2v) is 5.39. The maximum absolute atomic E-state index is 13.5. The molecule has 4 heteroatoms. The van der Waals surface area contributed by atoms with Gasteiger partial charge in [0.15, 0.2) is 0 Å². The third-order valence-electron chi connectivity index (χ3n) is 3.81. The molecule has 1 fully saturated rings. The summed E-state index contributed by atoms with van der Waals surface area (Å²) in [6, 6.07) is 6.75. The Bertz CT molecular complexity index is 413. The van der Waals surface area contributed by atoms with E-state index in [1.807, 2.05) is 6.07 Å². The standard InChI is InChI=1S/C15H23FN2O/c1-2-18-9-5-8-15(19,12-18)11-17-10-13-6-3-4-7-14(13)16/h3-4,6-7,17,19H,2,5,8-12H2,1H3. The van der Waals surface area contributed by atoms with E-state index in [2.05, 4.69) is 17.1 Å². The molecular weight excluding hydrogens is 243 g/mol. The quantitative estimate of drug-likeness (QED) is 0.852. The predicted octanol–water partition coefficient (Wildman–Crippen LogP) is 1.76. The van der Waals surface area contributed by atoms with Crippen molar-refractivity contribution < 1.29 is 9.50 Å². The molecule has 0 aliphatic carbocycles. The van der Waals surface area contributed by atoms with Crippen molar-refractivity contribution >= 4 is 0 Å². The summed E-state index contributed by atoms with van der Waals surface area (Å²) in [5, 5.41) is 13.7. The summed E-state index contributed by atoms with van der Waals surface area (Å²) in [6.07, 6.45) is 1.83. The van der Waals surface area contributed by atoms with Crippen molar-refractivity contribution in [3.63, 3.8) is 0 Å². The van der Waals surface area contributed by atoms with Crippen molar-refractivity contribution in [1.82, 2.24) is 10.2 Å². The zero-order valence-electron chi connectivity index (χ0n) is 11.5. The van der Waals surface area contributed by atoms with E-state index in [1.54, 1.807) is 12.1 Å². The zero-order chi connectivity index (χ0) is 13.7. The number of likely N-dealkylation sites (N-methyl/N-ethyl adjacent to an activating group) is 1. The molecule has 0 amide bonds. The van der Waals surface area contributed by atoms with Gasteiger partial charge in [-0.15, -0.1) is 0 Å². The van der Waals surface area contributed by atoms with E-state index >= 15 is 0 Å². The molecule has 2 rings (SSSR count). The lowest BCUT2D eigenvalue weighted by Crippen LogP contribution is -2.53. The summed E-state index contributed by atoms with van der Waals surface area (Å²) in [5.41, 5.74) is -0.0336. The summed E-state index contributed by atoms with van der Waals surface area (Å²) < 4.78 is 13.5. The fraction of sp³-hybridized carbons (Fsp3) is 0.600. The van der Waals surface area contributed by atoms with Gasteiger partial charge in [-0.05, 0) is 32.0 Å². The van der Waals surface area contributed by atoms with Gasteiger partial charge < -0.3 is 15.3 Å². The smallest absolute Gasteiger partial charge is 0.127 e. The number of hydrogen-bond acceptors (Lipinski definition) is 3. The lowest BCUT2D eigenvalue weighted by Gasteiger charge is -2.39. The van der Waals surface area contributed by atoms with Crippen LogP contribution in [0.25, 0.3) is 0 Å². The summed E-state index contributed by atoms with van der Waals surface area (Å²) in [4.78, 5) is 2.26. The molecule has 0 spiro atoms. The molecule has 1 aliphatic rings. The summed E-state index contributed by atoms with van der Waals surface area (Å²) >= 11 is 0. The Balaban J connectivity index is 1.83. The van der Waals surface area contributed by atoms with E-state index in [4.69, 9.17) is 0 Å². The highest BCUT2D eigenvalue weighted by Gasteiger charge is 2.32. The summed E-state index contributed by atoms with van der Waals surface area (Å²) in [5.74, 6) is -0.194. The van der Waals surface area contributed by atoms with Crippen LogP contribution in [0.15, 0.2) is 24.3 Å². The van der Waals surface area contributed by atoms with Gasteiger partial charge in [0.1, 0.15) is 5.82 Å². The van der Waals surface area contributed by atoms with Gasteiger partial charge in [0, 0.05) is 25.2 Å². The number of nitrogens with one attached hydrogen (secondary N) is 1. The Kier molecular flexibility index (Phi) is 4.91. The van der Waals surface area contributed by atoms with Gasteiger partial charge in [0.2, 0.25) is 0 Å². The lowest BCUT2D eigenvalue weighted by atomic mass is 9.92. The Labute approximate surface area is 114 Å². The maximum atomic E-state index is 13.5. The van der Waals surface area contributed by atoms with E-state index in [9.17, 15) is 9.50 Å². The number of aliphatic hydroxyl groups is 1. The van der Waals surface area contributed by atoms with Crippen LogP contribution in [0.2, 0.25) is 0 Å². The number of halogens is 1. The molecule has 3 nitrogen and oxygen atoms in total. The molecule has 0 bridgehead atoms. The van der Waals surface area contributed by atoms with Crippen LogP contribution in [0.4, 0.5) is 4.39 Å². The number of β-amino-alcohol motifs (C(OH)–C–C–N with tert-alkyl or cyclic N) is 1. The third-order valence-corrected chi connectivity index (χ3v) is 3.81. The van der Waals surface area contributed by atoms with Gasteiger partial charge in [-0.25, -0.2) is 4.39 Å². The Hall–Kier alpha value is -0.970. The van der Waals surface area contributed by atoms with Gasteiger partial charge >= 0.3 is 0 Å². The molecule has 19 heavy (non-hydrogen) atoms. The molecule has 0 aromatic heterocycles. The van der Waals surface area contributed by atoms with Crippen LogP contribution < -0.4 is 5.32 Å². The first-order valence-corrected chi connectivity index (χ1v) is 7.02. The Morgan fingerprint density at radius 2 is 2.21 bits per heavy atom. The second-order valence-electron chi connectivity index (χ2n) is 5.39. The second kappa shape index (κ2) is 6.46. The molecular formula is C15H23FN2O. The topological polar surface area (TPSA) is 35.5 Å². The molecule has 2 N–H and O–H groups in total. The minimum absolute atomic E-state index is 0.194. The van der Waals surface area contributed by atoms with Crippen molar-refractivity contribution in [2.75, 3.05) is 26.2 Å². The van der Waals surface area contributed by atoms with Crippen molar-refractivity contribution in [1.29, 1.82) is 0 Å². The van der Waals surface area contributed by atoms with Crippen LogP contribution in [0.1, 0.15) is 25.3 Å². The molecule has 1 aliphatic heterocycles. The first-order valence-electron chi connectivity index (χ1n) is 7.02. The largest absolute Gasteiger partial charge is 0.387 e. The minimum Gasteiger partial charge on any atom is -0.387 e. The number of rotatable bonds is 5. The van der Waals surface area contributed by atoms with Crippen LogP contribution >= 0.6 is 0 Å². The van der Waals surface area contributed by atoms with E-state index in [0.717, 1.165) is 25.9 Å². The van der Waals surface area contributed by atoms with Gasteiger partial charge in [-0.1, -0.05) is 25.1 Å². The van der Waals surface area contributed by atoms with Gasteiger partial charge in [0.25, 0.3) is 0 Å². The zero-order valence-corrected chi connectivity index (χ0v) is 11.5. The molecule has 0 radical (unpaired) electrons. The highest BCUT2D eigenvalue weighted by atomic mass is 19.1. The molecule has 1 heterocycles. The highest BCUT2D eigenvalue weighted by Crippen LogP contribution is 2.20. The summed E-state index contributed by atoms with van der Waals surface area (Å²) in [6.45, 7) is 5.81. The van der Waals surface area contributed by atoms with Crippen LogP contribution in [0, 0.1) is 5.82 Å². The van der Waals surface area contributed by atoms with Crippen LogP contribution in [-0.4, -0.2) is 41.8 Å². The number of hydrogen-bond donors (Lipinski definition) is 2. The van der Waals surface area contributed by atoms with Gasteiger partial charge in [0.05, 0.1) is 5.60 Å². The van der Waals surface area contributed by atoms with E-state index in [-0.39, 0.29) is 5.82 Å². The van der Waals surface area contributed by atoms with Crippen molar-refractivity contribution in [2.45, 2.75) is 31.9 Å². The third kappa shape index (κ3) is 4.00. The summed E-state index contributed by atoms with van der Waals surface area (Å²) in [7, 11) is 0. The van der Waals surface area contributed by atoms with Crippen LogP contribution in [0.5, 0.6) is 0 Å². The van der Waals surface area contributed by atoms with E-state index in [0.29, 0.717) is 25.2 Å². The average Bonchev–Trinajstić information content (AvgIpc) is 2.41.